The molecule has 20 heavy (non-hydrogen) atoms. The summed E-state index contributed by atoms with van der Waals surface area (Å²) in [5.41, 5.74) is 2.67. The predicted molar refractivity (Wildman–Crippen MR) is 74.0 cm³/mol. The van der Waals surface area contributed by atoms with Gasteiger partial charge in [0, 0.05) is 17.7 Å². The normalized spacial score (nSPS) is 14.3. The largest absolute Gasteiger partial charge is 0.469 e. The van der Waals surface area contributed by atoms with Crippen LogP contribution in [-0.4, -0.2) is 18.2 Å². The van der Waals surface area contributed by atoms with Gasteiger partial charge in [0.15, 0.2) is 5.78 Å². The molecular formula is C16H15NO3. The Labute approximate surface area is 116 Å². The summed E-state index contributed by atoms with van der Waals surface area (Å²) in [4.78, 5) is 24.4. The molecule has 1 aliphatic rings. The summed E-state index contributed by atoms with van der Waals surface area (Å²) in [6, 6.07) is 7.00. The van der Waals surface area contributed by atoms with E-state index in [1.165, 1.54) is 6.26 Å². The van der Waals surface area contributed by atoms with E-state index in [2.05, 4.69) is 5.32 Å². The molecule has 0 unspecified atom stereocenters. The minimum Gasteiger partial charge on any atom is -0.469 e. The third-order valence-electron chi connectivity index (χ3n) is 3.63. The fourth-order valence-electron chi connectivity index (χ4n) is 2.50. The van der Waals surface area contributed by atoms with Crippen LogP contribution in [0.1, 0.15) is 44.0 Å². The zero-order chi connectivity index (χ0) is 14.1. The number of ketones is 1. The standard InChI is InChI=1S/C16H15NO3/c1-10-13(6-8-20-10)15(18)12-5-4-11-3-2-7-17-16(19)14(11)9-12/h4-6,8-9H,2-3,7H2,1H3,(H,17,19). The zero-order valence-electron chi connectivity index (χ0n) is 11.2. The van der Waals surface area contributed by atoms with Gasteiger partial charge in [0.25, 0.3) is 5.91 Å². The van der Waals surface area contributed by atoms with Crippen molar-refractivity contribution in [2.24, 2.45) is 0 Å². The lowest BCUT2D eigenvalue weighted by Gasteiger charge is -2.07. The molecule has 0 saturated carbocycles. The Morgan fingerprint density at radius 2 is 2.15 bits per heavy atom. The van der Waals surface area contributed by atoms with Crippen molar-refractivity contribution in [1.29, 1.82) is 0 Å². The number of amides is 1. The molecule has 4 nitrogen and oxygen atoms in total. The summed E-state index contributed by atoms with van der Waals surface area (Å²) >= 11 is 0. The average Bonchev–Trinajstić information content (AvgIpc) is 2.79. The first kappa shape index (κ1) is 12.7. The highest BCUT2D eigenvalue weighted by Crippen LogP contribution is 2.20. The molecule has 4 heteroatoms. The summed E-state index contributed by atoms with van der Waals surface area (Å²) in [7, 11) is 0. The molecule has 1 aromatic heterocycles. The van der Waals surface area contributed by atoms with Gasteiger partial charge in [0.05, 0.1) is 11.8 Å². The lowest BCUT2D eigenvalue weighted by atomic mass is 9.96. The maximum atomic E-state index is 12.4. The van der Waals surface area contributed by atoms with E-state index in [0.717, 1.165) is 18.4 Å². The van der Waals surface area contributed by atoms with Crippen molar-refractivity contribution in [3.63, 3.8) is 0 Å². The van der Waals surface area contributed by atoms with Gasteiger partial charge in [-0.3, -0.25) is 9.59 Å². The molecule has 2 aromatic rings. The topological polar surface area (TPSA) is 59.3 Å². The van der Waals surface area contributed by atoms with E-state index >= 15 is 0 Å². The van der Waals surface area contributed by atoms with Gasteiger partial charge in [-0.25, -0.2) is 0 Å². The Hall–Kier alpha value is -2.36. The molecule has 0 atom stereocenters. The SMILES string of the molecule is Cc1occc1C(=O)c1ccc2c(c1)C(=O)NCCC2. The molecule has 1 amide bonds. The third kappa shape index (κ3) is 2.13. The van der Waals surface area contributed by atoms with Gasteiger partial charge >= 0.3 is 0 Å². The number of carbonyl (C=O) groups is 2. The van der Waals surface area contributed by atoms with E-state index in [1.54, 1.807) is 25.1 Å². The summed E-state index contributed by atoms with van der Waals surface area (Å²) in [6.45, 7) is 2.43. The number of hydrogen-bond donors (Lipinski definition) is 1. The molecule has 0 aliphatic carbocycles. The molecular weight excluding hydrogens is 254 g/mol. The van der Waals surface area contributed by atoms with Crippen LogP contribution in [0.25, 0.3) is 0 Å². The van der Waals surface area contributed by atoms with E-state index in [0.29, 0.717) is 29.0 Å². The van der Waals surface area contributed by atoms with Gasteiger partial charge in [-0.2, -0.15) is 0 Å². The van der Waals surface area contributed by atoms with Crippen LogP contribution < -0.4 is 5.32 Å². The number of hydrogen-bond acceptors (Lipinski definition) is 3. The van der Waals surface area contributed by atoms with E-state index < -0.39 is 0 Å². The Kier molecular flexibility index (Phi) is 3.14. The van der Waals surface area contributed by atoms with Crippen molar-refractivity contribution < 1.29 is 14.0 Å². The first-order valence-corrected chi connectivity index (χ1v) is 6.67. The first-order chi connectivity index (χ1) is 9.66. The molecule has 102 valence electrons. The maximum absolute atomic E-state index is 12.4. The Morgan fingerprint density at radius 1 is 1.30 bits per heavy atom. The number of aryl methyl sites for hydroxylation is 2. The van der Waals surface area contributed by atoms with Crippen molar-refractivity contribution >= 4 is 11.7 Å². The van der Waals surface area contributed by atoms with Crippen LogP contribution >= 0.6 is 0 Å². The minimum atomic E-state index is -0.115. The van der Waals surface area contributed by atoms with Crippen LogP contribution in [0.5, 0.6) is 0 Å². The Bertz CT molecular complexity index is 685. The Morgan fingerprint density at radius 3 is 2.90 bits per heavy atom. The molecule has 0 spiro atoms. The average molecular weight is 269 g/mol. The summed E-state index contributed by atoms with van der Waals surface area (Å²) in [5.74, 6) is 0.376. The number of nitrogens with one attached hydrogen (secondary N) is 1. The lowest BCUT2D eigenvalue weighted by Crippen LogP contribution is -2.22. The van der Waals surface area contributed by atoms with Crippen LogP contribution in [0.15, 0.2) is 34.9 Å². The highest BCUT2D eigenvalue weighted by atomic mass is 16.3. The van der Waals surface area contributed by atoms with Gasteiger partial charge in [0.2, 0.25) is 0 Å². The Balaban J connectivity index is 2.02. The zero-order valence-corrected chi connectivity index (χ0v) is 11.2. The second-order valence-electron chi connectivity index (χ2n) is 4.95. The molecule has 1 aliphatic heterocycles. The molecule has 0 saturated heterocycles. The molecule has 1 N–H and O–H groups in total. The van der Waals surface area contributed by atoms with Gasteiger partial charge in [-0.15, -0.1) is 0 Å². The van der Waals surface area contributed by atoms with Crippen molar-refractivity contribution in [3.8, 4) is 0 Å². The van der Waals surface area contributed by atoms with Gasteiger partial charge < -0.3 is 9.73 Å². The third-order valence-corrected chi connectivity index (χ3v) is 3.63. The van der Waals surface area contributed by atoms with E-state index in [1.807, 2.05) is 6.07 Å². The van der Waals surface area contributed by atoms with E-state index in [9.17, 15) is 9.59 Å². The smallest absolute Gasteiger partial charge is 0.251 e. The summed E-state index contributed by atoms with van der Waals surface area (Å²) < 4.78 is 5.16. The van der Waals surface area contributed by atoms with Gasteiger partial charge in [-0.05, 0) is 37.5 Å². The van der Waals surface area contributed by atoms with Crippen molar-refractivity contribution in [2.75, 3.05) is 6.54 Å². The van der Waals surface area contributed by atoms with Gasteiger partial charge in [-0.1, -0.05) is 12.1 Å². The second-order valence-corrected chi connectivity index (χ2v) is 4.95. The fourth-order valence-corrected chi connectivity index (χ4v) is 2.50. The fraction of sp³-hybridized carbons (Fsp3) is 0.250. The molecule has 0 fully saturated rings. The highest BCUT2D eigenvalue weighted by Gasteiger charge is 2.19. The maximum Gasteiger partial charge on any atom is 0.251 e. The molecule has 2 heterocycles. The number of furan rings is 1. The van der Waals surface area contributed by atoms with Crippen LogP contribution in [0.4, 0.5) is 0 Å². The van der Waals surface area contributed by atoms with Crippen molar-refractivity contribution in [1.82, 2.24) is 5.32 Å². The molecule has 0 bridgehead atoms. The lowest BCUT2D eigenvalue weighted by molar-refractivity contribution is 0.0956. The van der Waals surface area contributed by atoms with Crippen LogP contribution in [0.3, 0.4) is 0 Å². The molecule has 3 rings (SSSR count). The van der Waals surface area contributed by atoms with E-state index in [4.69, 9.17) is 4.42 Å². The van der Waals surface area contributed by atoms with Crippen LogP contribution in [0, 0.1) is 6.92 Å². The second kappa shape index (κ2) is 4.96. The van der Waals surface area contributed by atoms with Crippen LogP contribution in [-0.2, 0) is 6.42 Å². The van der Waals surface area contributed by atoms with Crippen molar-refractivity contribution in [2.45, 2.75) is 19.8 Å². The van der Waals surface area contributed by atoms with Crippen LogP contribution in [0.2, 0.25) is 0 Å². The summed E-state index contributed by atoms with van der Waals surface area (Å²) in [6.07, 6.45) is 3.28. The predicted octanol–water partition coefficient (Wildman–Crippen LogP) is 2.50. The summed E-state index contributed by atoms with van der Waals surface area (Å²) in [5, 5.41) is 2.84. The van der Waals surface area contributed by atoms with Gasteiger partial charge in [0.1, 0.15) is 5.76 Å². The number of benzene rings is 1. The number of rotatable bonds is 2. The molecule has 1 aromatic carbocycles. The van der Waals surface area contributed by atoms with Crippen molar-refractivity contribution in [3.05, 3.63) is 58.5 Å². The number of fused-ring (bicyclic) bond motifs is 1. The first-order valence-electron chi connectivity index (χ1n) is 6.67. The number of carbonyl (C=O) groups excluding carboxylic acids is 2. The minimum absolute atomic E-state index is 0.101. The molecule has 0 radical (unpaired) electrons. The quantitative estimate of drug-likeness (QED) is 0.852. The highest BCUT2D eigenvalue weighted by molar-refractivity contribution is 6.11. The van der Waals surface area contributed by atoms with E-state index in [-0.39, 0.29) is 11.7 Å². The monoisotopic (exact) mass is 269 g/mol.